The third-order valence-electron chi connectivity index (χ3n) is 1.12. The van der Waals surface area contributed by atoms with Gasteiger partial charge in [0.25, 0.3) is 0 Å². The Hall–Kier alpha value is -1.24. The molecule has 0 aliphatic carbocycles. The van der Waals surface area contributed by atoms with Crippen molar-refractivity contribution < 1.29 is 5.03 Å². The van der Waals surface area contributed by atoms with Crippen molar-refractivity contribution in [3.8, 4) is 0 Å². The first-order valence-corrected chi connectivity index (χ1v) is 4.21. The summed E-state index contributed by atoms with van der Waals surface area (Å²) in [4.78, 5) is 10.8. The second-order valence-electron chi connectivity index (χ2n) is 1.71. The molecule has 54 valence electrons. The fourth-order valence-electron chi connectivity index (χ4n) is 0.621. The molecule has 1 aromatic heterocycles. The van der Waals surface area contributed by atoms with Crippen molar-refractivity contribution in [3.63, 3.8) is 0 Å². The summed E-state index contributed by atoms with van der Waals surface area (Å²) < 4.78 is 0. The standard InChI is InChI=1S/C3H6N4O2Si/c8-7(9)6-3(2-10)1-4-5-6/h1H,2H2,10H3. The van der Waals surface area contributed by atoms with Crippen LogP contribution in [0.5, 0.6) is 0 Å². The first-order chi connectivity index (χ1) is 4.75. The predicted octanol–water partition coefficient (Wildman–Crippen LogP) is -1.82. The van der Waals surface area contributed by atoms with Crippen LogP contribution in [0.3, 0.4) is 0 Å². The fourth-order valence-corrected chi connectivity index (χ4v) is 1.09. The van der Waals surface area contributed by atoms with Crippen molar-refractivity contribution in [2.24, 2.45) is 0 Å². The van der Waals surface area contributed by atoms with Gasteiger partial charge in [-0.1, -0.05) is 0 Å². The van der Waals surface area contributed by atoms with Gasteiger partial charge in [-0.2, -0.15) is 0 Å². The van der Waals surface area contributed by atoms with Crippen LogP contribution >= 0.6 is 0 Å². The number of rotatable bonds is 2. The van der Waals surface area contributed by atoms with E-state index in [1.165, 1.54) is 6.20 Å². The third kappa shape index (κ3) is 1.03. The van der Waals surface area contributed by atoms with Crippen LogP contribution in [0.1, 0.15) is 5.69 Å². The van der Waals surface area contributed by atoms with Gasteiger partial charge in [-0.15, -0.1) is 0 Å². The van der Waals surface area contributed by atoms with Gasteiger partial charge in [0.2, 0.25) is 0 Å². The second kappa shape index (κ2) is 2.56. The number of hydrogen-bond donors (Lipinski definition) is 0. The summed E-state index contributed by atoms with van der Waals surface area (Å²) in [5.41, 5.74) is 0.566. The number of nitrogens with zero attached hydrogens (tertiary/aromatic N) is 4. The third-order valence-corrected chi connectivity index (χ3v) is 1.84. The van der Waals surface area contributed by atoms with E-state index in [4.69, 9.17) is 0 Å². The maximum atomic E-state index is 10.1. The molecule has 0 spiro atoms. The average Bonchev–Trinajstić information content (AvgIpc) is 2.33. The van der Waals surface area contributed by atoms with E-state index in [1.54, 1.807) is 0 Å². The maximum Gasteiger partial charge on any atom is 0.182 e. The summed E-state index contributed by atoms with van der Waals surface area (Å²) in [5.74, 6) is 0. The molecule has 0 N–H and O–H groups in total. The monoisotopic (exact) mass is 158 g/mol. The molecule has 1 aromatic rings. The first-order valence-electron chi connectivity index (χ1n) is 2.80. The lowest BCUT2D eigenvalue weighted by Crippen LogP contribution is -2.13. The van der Waals surface area contributed by atoms with Crippen LogP contribution in [0.25, 0.3) is 0 Å². The molecule has 1 heterocycles. The Morgan fingerprint density at radius 1 is 1.90 bits per heavy atom. The van der Waals surface area contributed by atoms with E-state index in [9.17, 15) is 10.1 Å². The van der Waals surface area contributed by atoms with Crippen molar-refractivity contribution in [1.82, 2.24) is 15.1 Å². The van der Waals surface area contributed by atoms with Crippen LogP contribution < -0.4 is 0 Å². The molecule has 0 radical (unpaired) electrons. The normalized spacial score (nSPS) is 10.0. The summed E-state index contributed by atoms with van der Waals surface area (Å²) >= 11 is 0. The molecule has 0 fully saturated rings. The van der Waals surface area contributed by atoms with Gasteiger partial charge in [0.1, 0.15) is 11.9 Å². The Kier molecular flexibility index (Phi) is 1.76. The molecule has 0 bridgehead atoms. The summed E-state index contributed by atoms with van der Waals surface area (Å²) in [5, 5.41) is 16.2. The second-order valence-corrected chi connectivity index (χ2v) is 2.41. The van der Waals surface area contributed by atoms with Gasteiger partial charge < -0.3 is 10.1 Å². The highest BCUT2D eigenvalue weighted by Crippen LogP contribution is 1.92. The summed E-state index contributed by atoms with van der Waals surface area (Å²) in [6, 6.07) is 0.702. The van der Waals surface area contributed by atoms with E-state index < -0.39 is 5.03 Å². The van der Waals surface area contributed by atoms with Crippen molar-refractivity contribution in [2.45, 2.75) is 6.04 Å². The summed E-state index contributed by atoms with van der Waals surface area (Å²) in [6.45, 7) is 0. The molecule has 10 heavy (non-hydrogen) atoms. The fraction of sp³-hybridized carbons (Fsp3) is 0.333. The van der Waals surface area contributed by atoms with E-state index in [-0.39, 0.29) is 0 Å². The molecule has 6 nitrogen and oxygen atoms in total. The lowest BCUT2D eigenvalue weighted by Gasteiger charge is -1.91. The molecule has 0 aliphatic rings. The minimum atomic E-state index is -0.583. The highest BCUT2D eigenvalue weighted by molar-refractivity contribution is 6.08. The Morgan fingerprint density at radius 2 is 2.60 bits per heavy atom. The number of aromatic nitrogens is 3. The van der Waals surface area contributed by atoms with E-state index >= 15 is 0 Å². The molecule has 0 aliphatic heterocycles. The van der Waals surface area contributed by atoms with Crippen LogP contribution in [0.15, 0.2) is 6.20 Å². The van der Waals surface area contributed by atoms with Crippen LogP contribution in [-0.2, 0) is 6.04 Å². The molecule has 0 saturated heterocycles. The molecule has 1 rings (SSSR count). The zero-order chi connectivity index (χ0) is 7.56. The van der Waals surface area contributed by atoms with E-state index in [0.717, 1.165) is 10.2 Å². The smallest absolute Gasteiger partial charge is 0.182 e. The van der Waals surface area contributed by atoms with Crippen LogP contribution in [0.4, 0.5) is 0 Å². The quantitative estimate of drug-likeness (QED) is 0.288. The van der Waals surface area contributed by atoms with Gasteiger partial charge in [-0.05, 0) is 11.1 Å². The highest BCUT2D eigenvalue weighted by Gasteiger charge is 2.09. The molecular weight excluding hydrogens is 152 g/mol. The van der Waals surface area contributed by atoms with Crippen molar-refractivity contribution in [3.05, 3.63) is 22.0 Å². The van der Waals surface area contributed by atoms with E-state index in [2.05, 4.69) is 10.3 Å². The molecule has 0 atom stereocenters. The molecule has 0 amide bonds. The van der Waals surface area contributed by atoms with Crippen LogP contribution in [0, 0.1) is 10.1 Å². The SMILES string of the molecule is O=[N+]([O-])n1nncc1C[SiH3]. The minimum Gasteiger partial charge on any atom is -0.339 e. The average molecular weight is 158 g/mol. The molecule has 0 saturated carbocycles. The molecule has 0 unspecified atom stereocenters. The van der Waals surface area contributed by atoms with E-state index in [1.807, 2.05) is 0 Å². The first kappa shape index (κ1) is 6.87. The molecular formula is C3H6N4O2Si. The number of nitro groups is 1. The van der Waals surface area contributed by atoms with Gasteiger partial charge >= 0.3 is 0 Å². The molecule has 7 heteroatoms. The number of hydrogen-bond acceptors (Lipinski definition) is 4. The van der Waals surface area contributed by atoms with Gasteiger partial charge in [-0.25, -0.2) is 0 Å². The zero-order valence-corrected chi connectivity index (χ0v) is 7.39. The maximum absolute atomic E-state index is 10.1. The summed E-state index contributed by atoms with van der Waals surface area (Å²) in [7, 11) is 0.881. The van der Waals surface area contributed by atoms with Crippen LogP contribution in [0.2, 0.25) is 0 Å². The summed E-state index contributed by atoms with van der Waals surface area (Å²) in [6.07, 6.45) is 1.41. The Bertz CT molecular complexity index is 246. The zero-order valence-electron chi connectivity index (χ0n) is 5.39. The van der Waals surface area contributed by atoms with E-state index in [0.29, 0.717) is 16.5 Å². The Balaban J connectivity index is 3.01. The Morgan fingerprint density at radius 3 is 3.00 bits per heavy atom. The van der Waals surface area contributed by atoms with Gasteiger partial charge in [0, 0.05) is 10.2 Å². The largest absolute Gasteiger partial charge is 0.339 e. The highest BCUT2D eigenvalue weighted by atomic mass is 28.1. The van der Waals surface area contributed by atoms with Gasteiger partial charge in [-0.3, -0.25) is 0 Å². The lowest BCUT2D eigenvalue weighted by atomic mass is 10.6. The van der Waals surface area contributed by atoms with Crippen molar-refractivity contribution in [1.29, 1.82) is 0 Å². The topological polar surface area (TPSA) is 73.8 Å². The van der Waals surface area contributed by atoms with Gasteiger partial charge in [0.15, 0.2) is 5.21 Å². The minimum absolute atomic E-state index is 0.566. The van der Waals surface area contributed by atoms with Gasteiger partial charge in [0.05, 0.1) is 9.82 Å². The van der Waals surface area contributed by atoms with Crippen molar-refractivity contribution in [2.75, 3.05) is 0 Å². The lowest BCUT2D eigenvalue weighted by molar-refractivity contribution is -0.554. The molecule has 0 aromatic carbocycles. The predicted molar refractivity (Wildman–Crippen MR) is 36.1 cm³/mol. The Labute approximate surface area is 59.4 Å². The van der Waals surface area contributed by atoms with Crippen molar-refractivity contribution >= 4 is 10.2 Å². The van der Waals surface area contributed by atoms with Crippen LogP contribution in [-0.4, -0.2) is 30.4 Å².